The van der Waals surface area contributed by atoms with E-state index in [1.165, 1.54) is 29.2 Å². The van der Waals surface area contributed by atoms with Gasteiger partial charge in [0.2, 0.25) is 0 Å². The molecule has 0 aliphatic carbocycles. The summed E-state index contributed by atoms with van der Waals surface area (Å²) in [5.74, 6) is -0.374. The smallest absolute Gasteiger partial charge is 0.270 e. The summed E-state index contributed by atoms with van der Waals surface area (Å²) >= 11 is 6.30. The van der Waals surface area contributed by atoms with Crippen molar-refractivity contribution < 1.29 is 18.1 Å². The summed E-state index contributed by atoms with van der Waals surface area (Å²) in [7, 11) is -3.13. The van der Waals surface area contributed by atoms with Gasteiger partial charge in [0.15, 0.2) is 9.84 Å². The largest absolute Gasteiger partial charge is 0.289 e. The van der Waals surface area contributed by atoms with Gasteiger partial charge in [0.05, 0.1) is 27.4 Å². The fraction of sp³-hybridized carbons (Fsp3) is 0.286. The minimum Gasteiger partial charge on any atom is -0.289 e. The molecule has 0 saturated carbocycles. The fourth-order valence-corrected chi connectivity index (χ4v) is 5.75. The minimum absolute atomic E-state index is 0.0542. The number of nitro benzene ring substituents is 1. The van der Waals surface area contributed by atoms with Crippen molar-refractivity contribution in [3.63, 3.8) is 0 Å². The standard InChI is InChI=1S/C14H12N2O5S3/c17-13-12(7-9-2-1-3-10(6-9)16(18)19)23-14(22)15(13)11-4-5-24(20,21)8-11/h1-3,6-7,11H,4-5,8H2/b12-7+/t11-/m0/s1. The van der Waals surface area contributed by atoms with Gasteiger partial charge in [-0.25, -0.2) is 8.42 Å². The van der Waals surface area contributed by atoms with Crippen LogP contribution in [0.3, 0.4) is 0 Å². The molecular weight excluding hydrogens is 372 g/mol. The van der Waals surface area contributed by atoms with Crippen molar-refractivity contribution in [1.29, 1.82) is 0 Å². The molecule has 3 rings (SSSR count). The number of hydrogen-bond donors (Lipinski definition) is 0. The van der Waals surface area contributed by atoms with Crippen LogP contribution in [0.15, 0.2) is 29.2 Å². The Morgan fingerprint density at radius 2 is 2.17 bits per heavy atom. The molecule has 2 heterocycles. The first-order chi connectivity index (χ1) is 11.3. The molecule has 0 unspecified atom stereocenters. The molecule has 0 aromatic heterocycles. The molecule has 2 saturated heterocycles. The lowest BCUT2D eigenvalue weighted by atomic mass is 10.1. The highest BCUT2D eigenvalue weighted by Gasteiger charge is 2.42. The Hall–Kier alpha value is -1.78. The Balaban J connectivity index is 1.86. The van der Waals surface area contributed by atoms with Gasteiger partial charge in [0.1, 0.15) is 4.32 Å². The van der Waals surface area contributed by atoms with Crippen LogP contribution < -0.4 is 0 Å². The van der Waals surface area contributed by atoms with E-state index in [1.54, 1.807) is 6.07 Å². The van der Waals surface area contributed by atoms with E-state index in [1.807, 2.05) is 0 Å². The number of carbonyl (C=O) groups is 1. The molecule has 0 spiro atoms. The van der Waals surface area contributed by atoms with Crippen LogP contribution in [0.2, 0.25) is 0 Å². The van der Waals surface area contributed by atoms with Gasteiger partial charge in [0, 0.05) is 12.1 Å². The molecule has 2 aliphatic heterocycles. The molecule has 7 nitrogen and oxygen atoms in total. The van der Waals surface area contributed by atoms with Crippen LogP contribution in [0.1, 0.15) is 12.0 Å². The van der Waals surface area contributed by atoms with E-state index < -0.39 is 20.8 Å². The van der Waals surface area contributed by atoms with Gasteiger partial charge in [-0.3, -0.25) is 19.8 Å². The second kappa shape index (κ2) is 6.26. The number of thiocarbonyl (C=S) groups is 1. The van der Waals surface area contributed by atoms with Gasteiger partial charge in [0.25, 0.3) is 11.6 Å². The van der Waals surface area contributed by atoms with E-state index in [0.717, 1.165) is 11.8 Å². The Morgan fingerprint density at radius 1 is 1.42 bits per heavy atom. The summed E-state index contributed by atoms with van der Waals surface area (Å²) in [6, 6.07) is 5.49. The lowest BCUT2D eigenvalue weighted by Gasteiger charge is -2.20. The number of benzene rings is 1. The SMILES string of the molecule is O=C1/C(=C\c2cccc([N+](=O)[O-])c2)SC(=S)N1[C@H]1CCS(=O)(=O)C1. The number of sulfone groups is 1. The lowest BCUT2D eigenvalue weighted by Crippen LogP contribution is -2.39. The van der Waals surface area contributed by atoms with Gasteiger partial charge in [-0.1, -0.05) is 36.1 Å². The predicted octanol–water partition coefficient (Wildman–Crippen LogP) is 1.98. The number of hydrogen-bond acceptors (Lipinski definition) is 7. The highest BCUT2D eigenvalue weighted by molar-refractivity contribution is 8.26. The molecule has 10 heteroatoms. The normalized spacial score (nSPS) is 24.8. The lowest BCUT2D eigenvalue weighted by molar-refractivity contribution is -0.384. The van der Waals surface area contributed by atoms with Crippen molar-refractivity contribution in [2.24, 2.45) is 0 Å². The average Bonchev–Trinajstić information content (AvgIpc) is 2.99. The van der Waals surface area contributed by atoms with Crippen molar-refractivity contribution >= 4 is 55.8 Å². The molecule has 1 aromatic carbocycles. The maximum atomic E-state index is 12.6. The highest BCUT2D eigenvalue weighted by Crippen LogP contribution is 2.36. The number of nitrogens with zero attached hydrogens (tertiary/aromatic N) is 2. The van der Waals surface area contributed by atoms with Crippen LogP contribution in [0, 0.1) is 10.1 Å². The van der Waals surface area contributed by atoms with Crippen LogP contribution in [0.4, 0.5) is 5.69 Å². The molecule has 0 radical (unpaired) electrons. The van der Waals surface area contributed by atoms with Crippen LogP contribution in [0.5, 0.6) is 0 Å². The first-order valence-electron chi connectivity index (χ1n) is 6.99. The van der Waals surface area contributed by atoms with Crippen molar-refractivity contribution in [2.45, 2.75) is 12.5 Å². The van der Waals surface area contributed by atoms with Gasteiger partial charge < -0.3 is 0 Å². The third-order valence-corrected chi connectivity index (χ3v) is 6.86. The van der Waals surface area contributed by atoms with Crippen molar-refractivity contribution in [2.75, 3.05) is 11.5 Å². The summed E-state index contributed by atoms with van der Waals surface area (Å²) in [5, 5.41) is 10.8. The van der Waals surface area contributed by atoms with E-state index in [2.05, 4.69) is 0 Å². The second-order valence-corrected chi connectivity index (χ2v) is 9.37. The average molecular weight is 384 g/mol. The van der Waals surface area contributed by atoms with Gasteiger partial charge in [-0.15, -0.1) is 0 Å². The summed E-state index contributed by atoms with van der Waals surface area (Å²) in [6.07, 6.45) is 1.91. The Morgan fingerprint density at radius 3 is 2.79 bits per heavy atom. The maximum absolute atomic E-state index is 12.6. The van der Waals surface area contributed by atoms with E-state index in [0.29, 0.717) is 21.2 Å². The Labute approximate surface area is 147 Å². The Bertz CT molecular complexity index is 878. The van der Waals surface area contributed by atoms with Gasteiger partial charge in [-0.2, -0.15) is 0 Å². The quantitative estimate of drug-likeness (QED) is 0.340. The monoisotopic (exact) mass is 384 g/mol. The molecule has 1 amide bonds. The van der Waals surface area contributed by atoms with Crippen LogP contribution in [-0.2, 0) is 14.6 Å². The third-order valence-electron chi connectivity index (χ3n) is 3.78. The van der Waals surface area contributed by atoms with Crippen molar-refractivity contribution in [3.8, 4) is 0 Å². The fourth-order valence-electron chi connectivity index (χ4n) is 2.65. The first-order valence-corrected chi connectivity index (χ1v) is 10.0. The number of nitro groups is 1. The zero-order chi connectivity index (χ0) is 17.5. The number of carbonyl (C=O) groups excluding carboxylic acids is 1. The first kappa shape index (κ1) is 17.1. The molecule has 0 bridgehead atoms. The van der Waals surface area contributed by atoms with Crippen LogP contribution in [-0.4, -0.2) is 46.0 Å². The van der Waals surface area contributed by atoms with Crippen molar-refractivity contribution in [1.82, 2.24) is 4.90 Å². The molecule has 0 N–H and O–H groups in total. The van der Waals surface area contributed by atoms with Crippen LogP contribution in [0.25, 0.3) is 6.08 Å². The van der Waals surface area contributed by atoms with E-state index in [9.17, 15) is 23.3 Å². The van der Waals surface area contributed by atoms with Crippen LogP contribution >= 0.6 is 24.0 Å². The number of thioether (sulfide) groups is 1. The zero-order valence-corrected chi connectivity index (χ0v) is 14.7. The molecule has 126 valence electrons. The topological polar surface area (TPSA) is 97.6 Å². The molecular formula is C14H12N2O5S3. The van der Waals surface area contributed by atoms with Crippen molar-refractivity contribution in [3.05, 3.63) is 44.8 Å². The van der Waals surface area contributed by atoms with E-state index in [-0.39, 0.29) is 23.1 Å². The van der Waals surface area contributed by atoms with Gasteiger partial charge >= 0.3 is 0 Å². The minimum atomic E-state index is -3.13. The summed E-state index contributed by atoms with van der Waals surface area (Å²) < 4.78 is 23.6. The molecule has 24 heavy (non-hydrogen) atoms. The summed E-state index contributed by atoms with van der Waals surface area (Å²) in [4.78, 5) is 24.6. The third kappa shape index (κ3) is 3.35. The summed E-state index contributed by atoms with van der Waals surface area (Å²) in [5.41, 5.74) is 0.449. The van der Waals surface area contributed by atoms with Gasteiger partial charge in [-0.05, 0) is 18.1 Å². The zero-order valence-electron chi connectivity index (χ0n) is 12.2. The molecule has 1 atom stereocenters. The molecule has 2 aliphatic rings. The summed E-state index contributed by atoms with van der Waals surface area (Å²) in [6.45, 7) is 0. The Kier molecular flexibility index (Phi) is 4.45. The molecule has 1 aromatic rings. The maximum Gasteiger partial charge on any atom is 0.270 e. The number of amides is 1. The molecule has 2 fully saturated rings. The van der Waals surface area contributed by atoms with E-state index >= 15 is 0 Å². The number of rotatable bonds is 3. The second-order valence-electron chi connectivity index (χ2n) is 5.46. The highest BCUT2D eigenvalue weighted by atomic mass is 32.2. The van der Waals surface area contributed by atoms with E-state index in [4.69, 9.17) is 12.2 Å². The number of non-ortho nitro benzene ring substituents is 1. The predicted molar refractivity (Wildman–Crippen MR) is 95.2 cm³/mol.